The number of nitrogens with zero attached hydrogens (tertiary/aromatic N) is 2. The Kier molecular flexibility index (Phi) is 5.58. The van der Waals surface area contributed by atoms with Crippen LogP contribution in [0.4, 0.5) is 11.4 Å². The molecule has 110 valence electrons. The van der Waals surface area contributed by atoms with Gasteiger partial charge in [-0.2, -0.15) is 0 Å². The molecule has 2 rings (SSSR count). The first-order valence-electron chi connectivity index (χ1n) is 6.36. The minimum Gasteiger partial charge on any atom is -0.380 e. The summed E-state index contributed by atoms with van der Waals surface area (Å²) in [5.74, 6) is 0.624. The van der Waals surface area contributed by atoms with Crippen molar-refractivity contribution in [3.05, 3.63) is 56.7 Å². The second-order valence-electron chi connectivity index (χ2n) is 4.20. The van der Waals surface area contributed by atoms with Gasteiger partial charge < -0.3 is 5.32 Å². The van der Waals surface area contributed by atoms with Gasteiger partial charge in [0.1, 0.15) is 5.69 Å². The zero-order chi connectivity index (χ0) is 15.2. The highest BCUT2D eigenvalue weighted by molar-refractivity contribution is 9.10. The van der Waals surface area contributed by atoms with Crippen LogP contribution in [0.25, 0.3) is 0 Å². The van der Waals surface area contributed by atoms with E-state index in [1.165, 1.54) is 6.07 Å². The fraction of sp³-hybridized carbons (Fsp3) is 0.214. The molecule has 0 saturated carbocycles. The van der Waals surface area contributed by atoms with E-state index >= 15 is 0 Å². The minimum atomic E-state index is -0.357. The molecule has 21 heavy (non-hydrogen) atoms. The Morgan fingerprint density at radius 3 is 2.81 bits per heavy atom. The van der Waals surface area contributed by atoms with Crippen molar-refractivity contribution in [1.29, 1.82) is 0 Å². The first-order chi connectivity index (χ1) is 10.1. The molecule has 0 fully saturated rings. The van der Waals surface area contributed by atoms with Crippen molar-refractivity contribution in [2.45, 2.75) is 17.7 Å². The normalized spacial score (nSPS) is 10.4. The molecule has 0 spiro atoms. The molecule has 0 aliphatic rings. The summed E-state index contributed by atoms with van der Waals surface area (Å²) >= 11 is 4.89. The maximum atomic E-state index is 11.1. The molecule has 0 aliphatic carbocycles. The quantitative estimate of drug-likeness (QED) is 0.463. The molecular formula is C14H14BrN3O2S. The lowest BCUT2D eigenvalue weighted by molar-refractivity contribution is -0.384. The Balaban J connectivity index is 2.20. The summed E-state index contributed by atoms with van der Waals surface area (Å²) in [6.45, 7) is 2.56. The first kappa shape index (κ1) is 15.8. The number of hydrogen-bond donors (Lipinski definition) is 1. The summed E-state index contributed by atoms with van der Waals surface area (Å²) < 4.78 is 0.926. The van der Waals surface area contributed by atoms with E-state index in [0.29, 0.717) is 18.0 Å². The standard InChI is InChI=1S/C14H14BrN3O2S/c1-2-16-14-10(4-3-5-12(14)18(19)20)9-21-13-7-6-11(15)8-17-13/h3-8,16H,2,9H2,1H3. The molecule has 1 aromatic carbocycles. The van der Waals surface area contributed by atoms with Crippen LogP contribution in [0.5, 0.6) is 0 Å². The Morgan fingerprint density at radius 2 is 2.19 bits per heavy atom. The molecule has 0 bridgehead atoms. The number of nitro benzene ring substituents is 1. The van der Waals surface area contributed by atoms with Crippen LogP contribution in [0.1, 0.15) is 12.5 Å². The van der Waals surface area contributed by atoms with Crippen molar-refractivity contribution in [2.24, 2.45) is 0 Å². The minimum absolute atomic E-state index is 0.110. The molecule has 2 aromatic rings. The zero-order valence-corrected chi connectivity index (χ0v) is 13.8. The fourth-order valence-corrected chi connectivity index (χ4v) is 2.91. The molecule has 5 nitrogen and oxygen atoms in total. The van der Waals surface area contributed by atoms with E-state index in [2.05, 4.69) is 26.2 Å². The third kappa shape index (κ3) is 4.18. The van der Waals surface area contributed by atoms with Gasteiger partial charge in [-0.05, 0) is 40.5 Å². The molecular weight excluding hydrogens is 354 g/mol. The molecule has 0 unspecified atom stereocenters. The van der Waals surface area contributed by atoms with Gasteiger partial charge in [0.2, 0.25) is 0 Å². The van der Waals surface area contributed by atoms with Gasteiger partial charge in [-0.1, -0.05) is 12.1 Å². The van der Waals surface area contributed by atoms with Crippen LogP contribution in [0.15, 0.2) is 46.0 Å². The molecule has 0 saturated heterocycles. The predicted molar refractivity (Wildman–Crippen MR) is 88.8 cm³/mol. The molecule has 1 N–H and O–H groups in total. The number of pyridine rings is 1. The Bertz CT molecular complexity index is 635. The number of para-hydroxylation sites is 1. The molecule has 0 radical (unpaired) electrons. The summed E-state index contributed by atoms with van der Waals surface area (Å²) in [6, 6.07) is 8.97. The van der Waals surface area contributed by atoms with Gasteiger partial charge in [0.25, 0.3) is 5.69 Å². The average molecular weight is 368 g/mol. The topological polar surface area (TPSA) is 68.1 Å². The van der Waals surface area contributed by atoms with Crippen LogP contribution in [0.3, 0.4) is 0 Å². The monoisotopic (exact) mass is 367 g/mol. The van der Waals surface area contributed by atoms with Crippen LogP contribution < -0.4 is 5.32 Å². The summed E-state index contributed by atoms with van der Waals surface area (Å²) in [4.78, 5) is 15.0. The van der Waals surface area contributed by atoms with Gasteiger partial charge in [-0.25, -0.2) is 4.98 Å². The van der Waals surface area contributed by atoms with Crippen molar-refractivity contribution >= 4 is 39.1 Å². The first-order valence-corrected chi connectivity index (χ1v) is 8.14. The van der Waals surface area contributed by atoms with Crippen LogP contribution in [-0.2, 0) is 5.75 Å². The number of hydrogen-bond acceptors (Lipinski definition) is 5. The number of thioether (sulfide) groups is 1. The van der Waals surface area contributed by atoms with Crippen molar-refractivity contribution in [3.8, 4) is 0 Å². The van der Waals surface area contributed by atoms with E-state index in [4.69, 9.17) is 0 Å². The smallest absolute Gasteiger partial charge is 0.292 e. The van der Waals surface area contributed by atoms with E-state index in [9.17, 15) is 10.1 Å². The molecule has 0 atom stereocenters. The predicted octanol–water partition coefficient (Wildman–Crippen LogP) is 4.48. The van der Waals surface area contributed by atoms with Gasteiger partial charge in [0.15, 0.2) is 0 Å². The highest BCUT2D eigenvalue weighted by Crippen LogP contribution is 2.32. The van der Waals surface area contributed by atoms with Crippen molar-refractivity contribution < 1.29 is 4.92 Å². The second kappa shape index (κ2) is 7.42. The Hall–Kier alpha value is -1.60. The number of anilines is 1. The maximum absolute atomic E-state index is 11.1. The lowest BCUT2D eigenvalue weighted by Gasteiger charge is -2.10. The van der Waals surface area contributed by atoms with Gasteiger partial charge in [0, 0.05) is 29.0 Å². The van der Waals surface area contributed by atoms with Gasteiger partial charge in [0.05, 0.1) is 9.95 Å². The van der Waals surface area contributed by atoms with Crippen molar-refractivity contribution in [3.63, 3.8) is 0 Å². The molecule has 7 heteroatoms. The molecule has 1 heterocycles. The lowest BCUT2D eigenvalue weighted by Crippen LogP contribution is -2.04. The number of halogens is 1. The van der Waals surface area contributed by atoms with Gasteiger partial charge in [-0.15, -0.1) is 11.8 Å². The van der Waals surface area contributed by atoms with Crippen LogP contribution >= 0.6 is 27.7 Å². The van der Waals surface area contributed by atoms with Crippen LogP contribution in [0, 0.1) is 10.1 Å². The SMILES string of the molecule is CCNc1c(CSc2ccc(Br)cn2)cccc1[N+](=O)[O-]. The second-order valence-corrected chi connectivity index (χ2v) is 6.11. The fourth-order valence-electron chi connectivity index (χ4n) is 1.84. The highest BCUT2D eigenvalue weighted by atomic mass is 79.9. The Morgan fingerprint density at radius 1 is 1.38 bits per heavy atom. The average Bonchev–Trinajstić information content (AvgIpc) is 2.47. The van der Waals surface area contributed by atoms with Crippen molar-refractivity contribution in [1.82, 2.24) is 4.98 Å². The molecule has 0 aliphatic heterocycles. The maximum Gasteiger partial charge on any atom is 0.292 e. The summed E-state index contributed by atoms with van der Waals surface area (Å²) in [5, 5.41) is 15.1. The van der Waals surface area contributed by atoms with E-state index in [-0.39, 0.29) is 10.6 Å². The van der Waals surface area contributed by atoms with Gasteiger partial charge >= 0.3 is 0 Å². The number of rotatable bonds is 6. The third-order valence-electron chi connectivity index (χ3n) is 2.75. The van der Waals surface area contributed by atoms with E-state index in [1.54, 1.807) is 24.0 Å². The van der Waals surface area contributed by atoms with E-state index < -0.39 is 0 Å². The van der Waals surface area contributed by atoms with Crippen LogP contribution in [0.2, 0.25) is 0 Å². The van der Waals surface area contributed by atoms with Gasteiger partial charge in [-0.3, -0.25) is 10.1 Å². The number of nitro groups is 1. The summed E-state index contributed by atoms with van der Waals surface area (Å²) in [7, 11) is 0. The van der Waals surface area contributed by atoms with Crippen LogP contribution in [-0.4, -0.2) is 16.5 Å². The number of nitrogens with one attached hydrogen (secondary N) is 1. The largest absolute Gasteiger partial charge is 0.380 e. The molecule has 1 aromatic heterocycles. The summed E-state index contributed by atoms with van der Waals surface area (Å²) in [6.07, 6.45) is 1.74. The van der Waals surface area contributed by atoms with E-state index in [0.717, 1.165) is 15.1 Å². The number of aromatic nitrogens is 1. The molecule has 0 amide bonds. The number of benzene rings is 1. The van der Waals surface area contributed by atoms with E-state index in [1.807, 2.05) is 25.1 Å². The van der Waals surface area contributed by atoms with Crippen molar-refractivity contribution in [2.75, 3.05) is 11.9 Å². The zero-order valence-electron chi connectivity index (χ0n) is 11.4. The third-order valence-corrected chi connectivity index (χ3v) is 4.22. The highest BCUT2D eigenvalue weighted by Gasteiger charge is 2.16. The lowest BCUT2D eigenvalue weighted by atomic mass is 10.1. The summed E-state index contributed by atoms with van der Waals surface area (Å²) in [5.41, 5.74) is 1.61. The Labute approximate surface area is 135 Å².